The molecule has 4 aromatic rings. The lowest BCUT2D eigenvalue weighted by Gasteiger charge is -2.14. The Morgan fingerprint density at radius 1 is 0.526 bits per heavy atom. The van der Waals surface area contributed by atoms with Gasteiger partial charge in [0.1, 0.15) is 18.3 Å². The number of benzene rings is 4. The number of carbonyl (C=O) groups is 3. The highest BCUT2D eigenvalue weighted by molar-refractivity contribution is 5.80. The van der Waals surface area contributed by atoms with Crippen LogP contribution in [0.2, 0.25) is 0 Å². The summed E-state index contributed by atoms with van der Waals surface area (Å²) in [6, 6.07) is 37.8. The van der Waals surface area contributed by atoms with Crippen LogP contribution < -0.4 is 9.47 Å². The highest BCUT2D eigenvalue weighted by Crippen LogP contribution is 2.23. The average molecular weight is 511 g/mol. The molecule has 2 unspecified atom stereocenters. The van der Waals surface area contributed by atoms with E-state index >= 15 is 0 Å². The van der Waals surface area contributed by atoms with Crippen LogP contribution in [0.3, 0.4) is 0 Å². The summed E-state index contributed by atoms with van der Waals surface area (Å²) in [5, 5.41) is 0. The summed E-state index contributed by atoms with van der Waals surface area (Å²) in [6.07, 6.45) is 1.46. The van der Waals surface area contributed by atoms with Gasteiger partial charge < -0.3 is 14.3 Å². The van der Waals surface area contributed by atoms with Gasteiger partial charge in [-0.1, -0.05) is 111 Å². The lowest BCUT2D eigenvalue weighted by atomic mass is 9.97. The highest BCUT2D eigenvalue weighted by atomic mass is 16.5. The maximum atomic E-state index is 12.1. The van der Waals surface area contributed by atoms with Crippen LogP contribution in [-0.2, 0) is 14.4 Å². The molecule has 4 rings (SSSR count). The molecule has 0 amide bonds. The first-order valence-electron chi connectivity index (χ1n) is 12.5. The smallest absolute Gasteiger partial charge is 0.318 e. The fraction of sp³-hybridized carbons (Fsp3) is 0.182. The number of ether oxygens (including phenoxy) is 2. The third-order valence-electron chi connectivity index (χ3n) is 5.71. The summed E-state index contributed by atoms with van der Waals surface area (Å²) in [7, 11) is 0. The maximum Gasteiger partial charge on any atom is 0.318 e. The van der Waals surface area contributed by atoms with Gasteiger partial charge in [0.15, 0.2) is 0 Å². The van der Waals surface area contributed by atoms with Gasteiger partial charge in [0.05, 0.1) is 11.8 Å². The lowest BCUT2D eigenvalue weighted by molar-refractivity contribution is -0.137. The standard InChI is InChI=1S/2C16H16O2.CH2O/c2*1-2-15(13-9-5-3-6-10-13)16(17)18-14-11-7-4-8-12-14;1-2/h2*3-12,15H,2H2,1H3;1H2. The quantitative estimate of drug-likeness (QED) is 0.183. The van der Waals surface area contributed by atoms with Gasteiger partial charge in [-0.2, -0.15) is 0 Å². The van der Waals surface area contributed by atoms with Crippen LogP contribution >= 0.6 is 0 Å². The Balaban J connectivity index is 0.000000251. The monoisotopic (exact) mass is 510 g/mol. The number of hydrogen-bond acceptors (Lipinski definition) is 5. The highest BCUT2D eigenvalue weighted by Gasteiger charge is 2.21. The van der Waals surface area contributed by atoms with Crippen molar-refractivity contribution in [3.05, 3.63) is 132 Å². The molecule has 0 N–H and O–H groups in total. The second kappa shape index (κ2) is 17.0. The second-order valence-electron chi connectivity index (χ2n) is 8.21. The Morgan fingerprint density at radius 2 is 0.789 bits per heavy atom. The van der Waals surface area contributed by atoms with Gasteiger partial charge in [-0.05, 0) is 48.2 Å². The van der Waals surface area contributed by atoms with Crippen molar-refractivity contribution in [2.45, 2.75) is 38.5 Å². The van der Waals surface area contributed by atoms with Gasteiger partial charge >= 0.3 is 11.9 Å². The molecule has 38 heavy (non-hydrogen) atoms. The Morgan fingerprint density at radius 3 is 1.05 bits per heavy atom. The number of hydrogen-bond donors (Lipinski definition) is 0. The van der Waals surface area contributed by atoms with E-state index in [1.54, 1.807) is 24.3 Å². The van der Waals surface area contributed by atoms with Crippen LogP contribution in [-0.4, -0.2) is 18.7 Å². The SMILES string of the molecule is C=O.CCC(C(=O)Oc1ccccc1)c1ccccc1.CCC(C(=O)Oc1ccccc1)c1ccccc1. The van der Waals surface area contributed by atoms with Crippen LogP contribution in [0.25, 0.3) is 0 Å². The van der Waals surface area contributed by atoms with E-state index in [0.29, 0.717) is 11.5 Å². The molecule has 0 heterocycles. The molecule has 0 aliphatic heterocycles. The van der Waals surface area contributed by atoms with Crippen molar-refractivity contribution in [2.75, 3.05) is 0 Å². The van der Waals surface area contributed by atoms with E-state index in [2.05, 4.69) is 0 Å². The third kappa shape index (κ3) is 9.51. The van der Waals surface area contributed by atoms with E-state index in [1.165, 1.54) is 0 Å². The van der Waals surface area contributed by atoms with Gasteiger partial charge in [0.25, 0.3) is 0 Å². The molecular formula is C33H34O5. The minimum Gasteiger partial charge on any atom is -0.426 e. The summed E-state index contributed by atoms with van der Waals surface area (Å²) in [5.41, 5.74) is 2.00. The predicted molar refractivity (Wildman–Crippen MR) is 150 cm³/mol. The zero-order chi connectivity index (χ0) is 27.6. The molecule has 0 fully saturated rings. The van der Waals surface area contributed by atoms with Crippen LogP contribution in [0.15, 0.2) is 121 Å². The van der Waals surface area contributed by atoms with Gasteiger partial charge in [0, 0.05) is 0 Å². The van der Waals surface area contributed by atoms with E-state index in [4.69, 9.17) is 14.3 Å². The molecule has 2 atom stereocenters. The van der Waals surface area contributed by atoms with E-state index in [1.807, 2.05) is 118 Å². The molecule has 0 radical (unpaired) electrons. The number of carbonyl (C=O) groups excluding carboxylic acids is 3. The zero-order valence-corrected chi connectivity index (χ0v) is 21.9. The van der Waals surface area contributed by atoms with Crippen molar-refractivity contribution in [1.29, 1.82) is 0 Å². The van der Waals surface area contributed by atoms with Crippen LogP contribution in [0.1, 0.15) is 49.7 Å². The molecule has 0 saturated heterocycles. The Labute approximate surface area is 225 Å². The molecule has 0 saturated carbocycles. The molecule has 0 aliphatic carbocycles. The Kier molecular flexibility index (Phi) is 13.3. The molecule has 4 aromatic carbocycles. The number of para-hydroxylation sites is 2. The van der Waals surface area contributed by atoms with E-state index in [-0.39, 0.29) is 23.8 Å². The molecule has 0 spiro atoms. The summed E-state index contributed by atoms with van der Waals surface area (Å²) < 4.78 is 10.8. The molecule has 0 aliphatic rings. The molecule has 0 aromatic heterocycles. The van der Waals surface area contributed by atoms with Gasteiger partial charge in [-0.15, -0.1) is 0 Å². The lowest BCUT2D eigenvalue weighted by Crippen LogP contribution is -2.18. The van der Waals surface area contributed by atoms with Gasteiger partial charge in [-0.25, -0.2) is 0 Å². The Hall–Kier alpha value is -4.51. The summed E-state index contributed by atoms with van der Waals surface area (Å²) >= 11 is 0. The fourth-order valence-electron chi connectivity index (χ4n) is 3.80. The first-order chi connectivity index (χ1) is 18.6. The minimum absolute atomic E-state index is 0.199. The second-order valence-corrected chi connectivity index (χ2v) is 8.21. The van der Waals surface area contributed by atoms with Gasteiger partial charge in [0.2, 0.25) is 0 Å². The first-order valence-corrected chi connectivity index (χ1v) is 12.5. The molecular weight excluding hydrogens is 476 g/mol. The molecule has 5 nitrogen and oxygen atoms in total. The van der Waals surface area contributed by atoms with Gasteiger partial charge in [-0.3, -0.25) is 9.59 Å². The predicted octanol–water partition coefficient (Wildman–Crippen LogP) is 7.39. The van der Waals surface area contributed by atoms with E-state index < -0.39 is 0 Å². The van der Waals surface area contributed by atoms with Crippen LogP contribution in [0.4, 0.5) is 0 Å². The summed E-state index contributed by atoms with van der Waals surface area (Å²) in [5.74, 6) is 0.386. The minimum atomic E-state index is -0.202. The van der Waals surface area contributed by atoms with Crippen molar-refractivity contribution in [1.82, 2.24) is 0 Å². The van der Waals surface area contributed by atoms with Crippen molar-refractivity contribution in [3.8, 4) is 11.5 Å². The molecule has 0 bridgehead atoms. The van der Waals surface area contributed by atoms with Crippen LogP contribution in [0, 0.1) is 0 Å². The summed E-state index contributed by atoms with van der Waals surface area (Å²) in [4.78, 5) is 32.2. The van der Waals surface area contributed by atoms with Crippen molar-refractivity contribution in [3.63, 3.8) is 0 Å². The van der Waals surface area contributed by atoms with E-state index in [9.17, 15) is 9.59 Å². The molecule has 196 valence electrons. The first kappa shape index (κ1) is 29.7. The van der Waals surface area contributed by atoms with Crippen molar-refractivity contribution >= 4 is 18.7 Å². The topological polar surface area (TPSA) is 69.7 Å². The summed E-state index contributed by atoms with van der Waals surface area (Å²) in [6.45, 7) is 5.98. The van der Waals surface area contributed by atoms with Crippen molar-refractivity contribution in [2.24, 2.45) is 0 Å². The zero-order valence-electron chi connectivity index (χ0n) is 21.9. The average Bonchev–Trinajstić information content (AvgIpc) is 2.97. The normalized spacial score (nSPS) is 11.3. The number of rotatable bonds is 8. The van der Waals surface area contributed by atoms with E-state index in [0.717, 1.165) is 24.0 Å². The fourth-order valence-corrected chi connectivity index (χ4v) is 3.80. The number of esters is 2. The van der Waals surface area contributed by atoms with Crippen LogP contribution in [0.5, 0.6) is 11.5 Å². The largest absolute Gasteiger partial charge is 0.426 e. The third-order valence-corrected chi connectivity index (χ3v) is 5.71. The Bertz CT molecular complexity index is 1100. The van der Waals surface area contributed by atoms with Crippen molar-refractivity contribution < 1.29 is 23.9 Å². The molecule has 5 heteroatoms. The maximum absolute atomic E-state index is 12.1.